The van der Waals surface area contributed by atoms with Crippen molar-refractivity contribution in [1.29, 1.82) is 0 Å². The normalized spacial score (nSPS) is 31.0. The number of benzene rings is 1. The predicted octanol–water partition coefficient (Wildman–Crippen LogP) is 2.63. The molecule has 118 valence electrons. The van der Waals surface area contributed by atoms with Crippen molar-refractivity contribution in [2.24, 2.45) is 5.92 Å². The van der Waals surface area contributed by atoms with E-state index in [2.05, 4.69) is 34.9 Å². The van der Waals surface area contributed by atoms with Gasteiger partial charge in [0.05, 0.1) is 18.2 Å². The van der Waals surface area contributed by atoms with Crippen molar-refractivity contribution in [3.05, 3.63) is 35.9 Å². The first kappa shape index (κ1) is 14.1. The van der Waals surface area contributed by atoms with Crippen LogP contribution in [0.4, 0.5) is 4.79 Å². The summed E-state index contributed by atoms with van der Waals surface area (Å²) in [5.74, 6) is 0.641. The van der Waals surface area contributed by atoms with Crippen LogP contribution in [0.3, 0.4) is 0 Å². The van der Waals surface area contributed by atoms with E-state index in [1.54, 1.807) is 0 Å². The molecule has 4 rings (SSSR count). The molecule has 22 heavy (non-hydrogen) atoms. The Morgan fingerprint density at radius 2 is 2.00 bits per heavy atom. The molecule has 2 saturated heterocycles. The van der Waals surface area contributed by atoms with E-state index in [4.69, 9.17) is 4.74 Å². The average Bonchev–Trinajstić information content (AvgIpc) is 3.17. The van der Waals surface area contributed by atoms with Gasteiger partial charge >= 0.3 is 6.03 Å². The number of fused-ring (bicyclic) bond motifs is 2. The van der Waals surface area contributed by atoms with E-state index in [1.807, 2.05) is 6.07 Å². The maximum Gasteiger partial charge on any atom is 0.315 e. The topological polar surface area (TPSA) is 50.4 Å². The molecule has 4 atom stereocenters. The Kier molecular flexibility index (Phi) is 3.78. The highest BCUT2D eigenvalue weighted by atomic mass is 16.5. The van der Waals surface area contributed by atoms with Gasteiger partial charge in [-0.2, -0.15) is 0 Å². The van der Waals surface area contributed by atoms with Gasteiger partial charge in [0.2, 0.25) is 0 Å². The Bertz CT molecular complexity index is 529. The zero-order valence-corrected chi connectivity index (χ0v) is 12.8. The minimum atomic E-state index is -0.0195. The van der Waals surface area contributed by atoms with Gasteiger partial charge in [-0.15, -0.1) is 0 Å². The molecule has 1 aromatic rings. The van der Waals surface area contributed by atoms with E-state index in [0.717, 1.165) is 25.7 Å². The zero-order chi connectivity index (χ0) is 14.9. The van der Waals surface area contributed by atoms with Gasteiger partial charge in [-0.1, -0.05) is 30.3 Å². The number of hydrogen-bond acceptors (Lipinski definition) is 2. The monoisotopic (exact) mass is 300 g/mol. The number of hydrogen-bond donors (Lipinski definition) is 2. The van der Waals surface area contributed by atoms with Gasteiger partial charge in [-0.05, 0) is 50.0 Å². The van der Waals surface area contributed by atoms with Crippen LogP contribution in [-0.2, 0) is 11.2 Å². The fourth-order valence-electron chi connectivity index (χ4n) is 3.87. The summed E-state index contributed by atoms with van der Waals surface area (Å²) in [6.07, 6.45) is 7.22. The predicted molar refractivity (Wildman–Crippen MR) is 84.6 cm³/mol. The molecule has 1 aromatic carbocycles. The molecule has 4 heteroatoms. The summed E-state index contributed by atoms with van der Waals surface area (Å²) in [5, 5.41) is 6.34. The largest absolute Gasteiger partial charge is 0.373 e. The van der Waals surface area contributed by atoms with E-state index in [9.17, 15) is 4.79 Å². The number of carbonyl (C=O) groups excluding carboxylic acids is 1. The maximum atomic E-state index is 12.3. The number of urea groups is 1. The lowest BCUT2D eigenvalue weighted by molar-refractivity contribution is 0.0980. The first-order chi connectivity index (χ1) is 10.8. The summed E-state index contributed by atoms with van der Waals surface area (Å²) in [6, 6.07) is 10.9. The first-order valence-corrected chi connectivity index (χ1v) is 8.54. The van der Waals surface area contributed by atoms with Crippen molar-refractivity contribution in [3.63, 3.8) is 0 Å². The van der Waals surface area contributed by atoms with Crippen molar-refractivity contribution in [1.82, 2.24) is 10.6 Å². The van der Waals surface area contributed by atoms with Crippen LogP contribution in [0, 0.1) is 5.92 Å². The molecular weight excluding hydrogens is 276 g/mol. The highest BCUT2D eigenvalue weighted by Gasteiger charge is 2.42. The van der Waals surface area contributed by atoms with E-state index in [0.29, 0.717) is 12.0 Å². The molecule has 0 spiro atoms. The molecule has 1 saturated carbocycles. The average molecular weight is 300 g/mol. The lowest BCUT2D eigenvalue weighted by Crippen LogP contribution is -2.50. The molecule has 0 aromatic heterocycles. The molecule has 2 amide bonds. The Balaban J connectivity index is 1.32. The van der Waals surface area contributed by atoms with Gasteiger partial charge in [-0.25, -0.2) is 4.79 Å². The molecule has 0 radical (unpaired) electrons. The molecule has 2 heterocycles. The Morgan fingerprint density at radius 1 is 1.18 bits per heavy atom. The van der Waals surface area contributed by atoms with Crippen molar-refractivity contribution in [2.75, 3.05) is 0 Å². The minimum absolute atomic E-state index is 0.0195. The van der Waals surface area contributed by atoms with E-state index >= 15 is 0 Å². The quantitative estimate of drug-likeness (QED) is 0.878. The molecule has 1 aliphatic carbocycles. The molecule has 3 fully saturated rings. The van der Waals surface area contributed by atoms with Gasteiger partial charge < -0.3 is 15.4 Å². The molecule has 3 aliphatic rings. The fraction of sp³-hybridized carbons (Fsp3) is 0.611. The molecule has 2 bridgehead atoms. The van der Waals surface area contributed by atoms with Gasteiger partial charge in [0.15, 0.2) is 0 Å². The Labute approximate surface area is 131 Å². The summed E-state index contributed by atoms with van der Waals surface area (Å²) in [7, 11) is 0. The van der Waals surface area contributed by atoms with Crippen LogP contribution >= 0.6 is 0 Å². The summed E-state index contributed by atoms with van der Waals surface area (Å²) in [6.45, 7) is 0. The van der Waals surface area contributed by atoms with Gasteiger partial charge in [-0.3, -0.25) is 0 Å². The van der Waals surface area contributed by atoms with Crippen LogP contribution in [0.1, 0.15) is 37.7 Å². The second kappa shape index (κ2) is 5.92. The SMILES string of the molecule is O=C(NC(Cc1ccccc1)C1CC1)NC1CC2CCC1O2. The van der Waals surface area contributed by atoms with Crippen LogP contribution in [0.25, 0.3) is 0 Å². The van der Waals surface area contributed by atoms with Crippen molar-refractivity contribution < 1.29 is 9.53 Å². The summed E-state index contributed by atoms with van der Waals surface area (Å²) in [5.41, 5.74) is 1.29. The third-order valence-corrected chi connectivity index (χ3v) is 5.23. The maximum absolute atomic E-state index is 12.3. The molecule has 4 unspecified atom stereocenters. The van der Waals surface area contributed by atoms with Crippen molar-refractivity contribution in [2.45, 2.75) is 62.8 Å². The van der Waals surface area contributed by atoms with Crippen LogP contribution in [-0.4, -0.2) is 30.3 Å². The Morgan fingerprint density at radius 3 is 2.64 bits per heavy atom. The third-order valence-electron chi connectivity index (χ3n) is 5.23. The first-order valence-electron chi connectivity index (χ1n) is 8.54. The van der Waals surface area contributed by atoms with Crippen LogP contribution in [0.2, 0.25) is 0 Å². The molecule has 4 nitrogen and oxygen atoms in total. The zero-order valence-electron chi connectivity index (χ0n) is 12.8. The van der Waals surface area contributed by atoms with Crippen LogP contribution in [0.15, 0.2) is 30.3 Å². The van der Waals surface area contributed by atoms with Crippen LogP contribution in [0.5, 0.6) is 0 Å². The van der Waals surface area contributed by atoms with Crippen molar-refractivity contribution >= 4 is 6.03 Å². The lowest BCUT2D eigenvalue weighted by Gasteiger charge is -2.23. The van der Waals surface area contributed by atoms with E-state index in [1.165, 1.54) is 18.4 Å². The minimum Gasteiger partial charge on any atom is -0.373 e. The molecule has 2 N–H and O–H groups in total. The second-order valence-electron chi connectivity index (χ2n) is 6.97. The van der Waals surface area contributed by atoms with Gasteiger partial charge in [0, 0.05) is 6.04 Å². The highest BCUT2D eigenvalue weighted by molar-refractivity contribution is 5.74. The summed E-state index contributed by atoms with van der Waals surface area (Å²) < 4.78 is 5.80. The summed E-state index contributed by atoms with van der Waals surface area (Å²) >= 11 is 0. The number of nitrogens with one attached hydrogen (secondary N) is 2. The van der Waals surface area contributed by atoms with Crippen molar-refractivity contribution in [3.8, 4) is 0 Å². The Hall–Kier alpha value is -1.55. The fourth-order valence-corrected chi connectivity index (χ4v) is 3.87. The van der Waals surface area contributed by atoms with E-state index in [-0.39, 0.29) is 24.2 Å². The number of amides is 2. The lowest BCUT2D eigenvalue weighted by atomic mass is 9.95. The highest BCUT2D eigenvalue weighted by Crippen LogP contribution is 2.35. The summed E-state index contributed by atoms with van der Waals surface area (Å²) in [4.78, 5) is 12.3. The molecular formula is C18H24N2O2. The number of carbonyl (C=O) groups is 1. The standard InChI is InChI=1S/C18H24N2O2/c21-18(20-16-11-14-8-9-17(16)22-14)19-15(13-6-7-13)10-12-4-2-1-3-5-12/h1-5,13-17H,6-11H2,(H2,19,20,21). The molecule has 2 aliphatic heterocycles. The number of ether oxygens (including phenoxy) is 1. The second-order valence-corrected chi connectivity index (χ2v) is 6.97. The van der Waals surface area contributed by atoms with Gasteiger partial charge in [0.1, 0.15) is 0 Å². The third kappa shape index (κ3) is 3.12. The smallest absolute Gasteiger partial charge is 0.315 e. The van der Waals surface area contributed by atoms with E-state index < -0.39 is 0 Å². The number of rotatable bonds is 5. The van der Waals surface area contributed by atoms with Gasteiger partial charge in [0.25, 0.3) is 0 Å². The van der Waals surface area contributed by atoms with Crippen LogP contribution < -0.4 is 10.6 Å².